The zero-order chi connectivity index (χ0) is 29.4. The quantitative estimate of drug-likeness (QED) is 0.330. The Bertz CT molecular complexity index is 641. The van der Waals surface area contributed by atoms with Gasteiger partial charge in [-0.3, -0.25) is 9.59 Å². The minimum absolute atomic E-state index is 0.339. The minimum Gasteiger partial charge on any atom is -0.316 e. The van der Waals surface area contributed by atoms with Crippen LogP contribution in [0.5, 0.6) is 0 Å². The molecule has 4 nitrogen and oxygen atoms in total. The summed E-state index contributed by atoms with van der Waals surface area (Å²) in [4.78, 5) is 21.8. The van der Waals surface area contributed by atoms with Crippen LogP contribution < -0.4 is 10.6 Å². The highest BCUT2D eigenvalue weighted by Gasteiger charge is 2.32. The van der Waals surface area contributed by atoms with Crippen molar-refractivity contribution in [3.63, 3.8) is 0 Å². The fourth-order valence-corrected chi connectivity index (χ4v) is 5.89. The summed E-state index contributed by atoms with van der Waals surface area (Å²) in [6.45, 7) is 32.2. The zero-order valence-corrected chi connectivity index (χ0v) is 27.6. The molecule has 2 aliphatic carbocycles. The lowest BCUT2D eigenvalue weighted by atomic mass is 9.80. The first-order valence-corrected chi connectivity index (χ1v) is 15.7. The number of hydrogen-bond acceptors (Lipinski definition) is 4. The van der Waals surface area contributed by atoms with Crippen molar-refractivity contribution < 1.29 is 9.59 Å². The summed E-state index contributed by atoms with van der Waals surface area (Å²) in [7, 11) is 0. The summed E-state index contributed by atoms with van der Waals surface area (Å²) < 4.78 is 0. The van der Waals surface area contributed by atoms with Gasteiger partial charge in [-0.15, -0.1) is 0 Å². The molecule has 38 heavy (non-hydrogen) atoms. The summed E-state index contributed by atoms with van der Waals surface area (Å²) in [6, 6.07) is 0. The molecule has 4 rings (SSSR count). The highest BCUT2D eigenvalue weighted by atomic mass is 16.1. The smallest absolute Gasteiger partial charge is 0.133 e. The minimum atomic E-state index is 0.339. The van der Waals surface area contributed by atoms with Crippen LogP contribution in [0, 0.1) is 45.3 Å². The van der Waals surface area contributed by atoms with E-state index in [1.54, 1.807) is 0 Å². The van der Waals surface area contributed by atoms with Crippen molar-refractivity contribution in [1.82, 2.24) is 10.6 Å². The molecule has 4 fully saturated rings. The number of carbonyl (C=O) groups is 2. The lowest BCUT2D eigenvalue weighted by Gasteiger charge is -2.25. The van der Waals surface area contributed by atoms with Crippen molar-refractivity contribution in [2.24, 2.45) is 45.3 Å². The van der Waals surface area contributed by atoms with Crippen LogP contribution in [0.25, 0.3) is 0 Å². The van der Waals surface area contributed by atoms with Crippen LogP contribution in [0.15, 0.2) is 0 Å². The van der Waals surface area contributed by atoms with Gasteiger partial charge >= 0.3 is 0 Å². The molecule has 2 aliphatic heterocycles. The first-order chi connectivity index (χ1) is 17.2. The van der Waals surface area contributed by atoms with Gasteiger partial charge in [0.05, 0.1) is 0 Å². The van der Waals surface area contributed by atoms with Crippen LogP contribution in [0.2, 0.25) is 0 Å². The normalized spacial score (nSPS) is 28.2. The molecule has 4 heteroatoms. The van der Waals surface area contributed by atoms with Gasteiger partial charge in [0, 0.05) is 25.7 Å². The predicted molar refractivity (Wildman–Crippen MR) is 164 cm³/mol. The third-order valence-corrected chi connectivity index (χ3v) is 9.51. The molecule has 0 spiro atoms. The Morgan fingerprint density at radius 1 is 0.474 bits per heavy atom. The van der Waals surface area contributed by atoms with E-state index in [4.69, 9.17) is 0 Å². The largest absolute Gasteiger partial charge is 0.316 e. The van der Waals surface area contributed by atoms with E-state index in [1.165, 1.54) is 39.0 Å². The van der Waals surface area contributed by atoms with Gasteiger partial charge in [0.25, 0.3) is 0 Å². The third kappa shape index (κ3) is 13.6. The molecule has 0 amide bonds. The Kier molecular flexibility index (Phi) is 13.7. The van der Waals surface area contributed by atoms with E-state index in [0.29, 0.717) is 45.1 Å². The van der Waals surface area contributed by atoms with Crippen molar-refractivity contribution >= 4 is 11.6 Å². The zero-order valence-electron chi connectivity index (χ0n) is 27.6. The fourth-order valence-electron chi connectivity index (χ4n) is 5.89. The van der Waals surface area contributed by atoms with E-state index in [9.17, 15) is 9.59 Å². The van der Waals surface area contributed by atoms with Gasteiger partial charge < -0.3 is 10.6 Å². The van der Waals surface area contributed by atoms with E-state index in [1.807, 2.05) is 0 Å². The van der Waals surface area contributed by atoms with E-state index < -0.39 is 0 Å². The second-order valence-electron chi connectivity index (χ2n) is 16.8. The summed E-state index contributed by atoms with van der Waals surface area (Å²) in [6.07, 6.45) is 8.24. The number of rotatable bonds is 0. The summed E-state index contributed by atoms with van der Waals surface area (Å²) in [5, 5.41) is 6.76. The molecule has 0 bridgehead atoms. The lowest BCUT2D eigenvalue weighted by Crippen LogP contribution is -2.22. The van der Waals surface area contributed by atoms with Crippen LogP contribution in [-0.4, -0.2) is 37.7 Å². The van der Waals surface area contributed by atoms with Gasteiger partial charge in [-0.25, -0.2) is 0 Å². The van der Waals surface area contributed by atoms with Crippen molar-refractivity contribution in [3.05, 3.63) is 0 Å². The van der Waals surface area contributed by atoms with Crippen molar-refractivity contribution in [2.75, 3.05) is 26.2 Å². The molecule has 0 aromatic carbocycles. The van der Waals surface area contributed by atoms with E-state index in [2.05, 4.69) is 93.7 Å². The Morgan fingerprint density at radius 2 is 0.763 bits per heavy atom. The number of carbonyl (C=O) groups excluding carboxylic acids is 2. The predicted octanol–water partition coefficient (Wildman–Crippen LogP) is 8.09. The molecule has 4 atom stereocenters. The van der Waals surface area contributed by atoms with Gasteiger partial charge in [0.15, 0.2) is 0 Å². The van der Waals surface area contributed by atoms with E-state index >= 15 is 0 Å². The Balaban J connectivity index is 0.000000254. The molecule has 2 saturated heterocycles. The topological polar surface area (TPSA) is 58.2 Å². The Labute approximate surface area is 237 Å². The standard InChI is InChI=1S/2C9H16O.2C8H17N/c2*1-9(2,3)7-4-5-8(10)6-7;2*1-8(2,3)7-4-5-9-6-7/h2*7H,4-6H2,1-3H3;2*7,9H,4-6H2,1-3H3/t4*7-/m1010/s1. The maximum Gasteiger partial charge on any atom is 0.133 e. The van der Waals surface area contributed by atoms with Gasteiger partial charge in [0.1, 0.15) is 11.6 Å². The molecule has 2 heterocycles. The first kappa shape index (κ1) is 35.3. The third-order valence-electron chi connectivity index (χ3n) is 9.51. The maximum atomic E-state index is 10.9. The van der Waals surface area contributed by atoms with E-state index in [-0.39, 0.29) is 0 Å². The molecule has 2 saturated carbocycles. The number of nitrogens with one attached hydrogen (secondary N) is 2. The van der Waals surface area contributed by atoms with Crippen LogP contribution in [0.1, 0.15) is 134 Å². The van der Waals surface area contributed by atoms with Crippen molar-refractivity contribution in [1.29, 1.82) is 0 Å². The molecular weight excluding hydrogens is 468 g/mol. The fraction of sp³-hybridized carbons (Fsp3) is 0.941. The summed E-state index contributed by atoms with van der Waals surface area (Å²) in [5.41, 5.74) is 1.71. The average molecular weight is 535 g/mol. The van der Waals surface area contributed by atoms with Crippen LogP contribution in [0.4, 0.5) is 0 Å². The van der Waals surface area contributed by atoms with Gasteiger partial charge in [-0.05, 0) is 97.2 Å². The highest BCUT2D eigenvalue weighted by molar-refractivity contribution is 5.81. The molecule has 224 valence electrons. The molecule has 2 N–H and O–H groups in total. The van der Waals surface area contributed by atoms with Gasteiger partial charge in [-0.2, -0.15) is 0 Å². The number of ketones is 2. The molecule has 0 aromatic heterocycles. The first-order valence-electron chi connectivity index (χ1n) is 15.7. The number of Topliss-reactive ketones (excluding diaryl/α,β-unsaturated/α-hetero) is 2. The van der Waals surface area contributed by atoms with Crippen molar-refractivity contribution in [2.45, 2.75) is 134 Å². The average Bonchev–Trinajstić information content (AvgIpc) is 3.53. The Hall–Kier alpha value is -0.740. The summed E-state index contributed by atoms with van der Waals surface area (Å²) in [5.74, 6) is 4.00. The van der Waals surface area contributed by atoms with Crippen molar-refractivity contribution in [3.8, 4) is 0 Å². The molecule has 4 aliphatic rings. The summed E-state index contributed by atoms with van der Waals surface area (Å²) >= 11 is 0. The highest BCUT2D eigenvalue weighted by Crippen LogP contribution is 2.38. The van der Waals surface area contributed by atoms with Crippen LogP contribution in [-0.2, 0) is 9.59 Å². The molecular formula is C34H66N2O2. The SMILES string of the molecule is CC(C)(C)[C@@H]1CCC(=O)C1.CC(C)(C)[C@@H]1CCNC1.CC(C)(C)[C@H]1CCC(=O)C1.CC(C)(C)[C@H]1CCNC1. The Morgan fingerprint density at radius 3 is 0.868 bits per heavy atom. The van der Waals surface area contributed by atoms with Gasteiger partial charge in [-0.1, -0.05) is 83.1 Å². The monoisotopic (exact) mass is 535 g/mol. The maximum absolute atomic E-state index is 10.9. The van der Waals surface area contributed by atoms with Crippen LogP contribution >= 0.6 is 0 Å². The second kappa shape index (κ2) is 14.8. The lowest BCUT2D eigenvalue weighted by molar-refractivity contribution is -0.118. The second-order valence-corrected chi connectivity index (χ2v) is 16.8. The molecule has 0 aromatic rings. The molecule has 0 radical (unpaired) electrons. The van der Waals surface area contributed by atoms with Gasteiger partial charge in [0.2, 0.25) is 0 Å². The molecule has 0 unspecified atom stereocenters. The number of hydrogen-bond donors (Lipinski definition) is 2. The van der Waals surface area contributed by atoms with Crippen LogP contribution in [0.3, 0.4) is 0 Å². The van der Waals surface area contributed by atoms with E-state index in [0.717, 1.165) is 50.4 Å².